The van der Waals surface area contributed by atoms with Crippen molar-refractivity contribution in [3.63, 3.8) is 0 Å². The van der Waals surface area contributed by atoms with Crippen LogP contribution >= 0.6 is 0 Å². The van der Waals surface area contributed by atoms with Crippen LogP contribution in [0.4, 0.5) is 0 Å². The van der Waals surface area contributed by atoms with Crippen molar-refractivity contribution < 1.29 is 0 Å². The number of nitrogens with one attached hydrogen (secondary N) is 1. The van der Waals surface area contributed by atoms with Crippen molar-refractivity contribution in [3.8, 4) is 0 Å². The second-order valence-corrected chi connectivity index (χ2v) is 3.68. The number of nitrogens with zero attached hydrogens (tertiary/aromatic N) is 1. The van der Waals surface area contributed by atoms with Gasteiger partial charge in [-0.25, -0.2) is 0 Å². The molecule has 1 heterocycles. The highest BCUT2D eigenvalue weighted by molar-refractivity contribution is 4.84. The van der Waals surface area contributed by atoms with E-state index in [0.717, 1.165) is 19.6 Å². The van der Waals surface area contributed by atoms with Gasteiger partial charge in [-0.15, -0.1) is 6.58 Å². The number of rotatable bonds is 2. The molecule has 2 atom stereocenters. The fraction of sp³-hybridized carbons (Fsp3) is 0.800. The number of hydrogen-bond acceptors (Lipinski definition) is 2. The van der Waals surface area contributed by atoms with Crippen LogP contribution in [-0.4, -0.2) is 36.6 Å². The SMILES string of the molecule is C=CCN1C(C)CCNCC1C. The van der Waals surface area contributed by atoms with Crippen molar-refractivity contribution in [1.29, 1.82) is 0 Å². The van der Waals surface area contributed by atoms with E-state index >= 15 is 0 Å². The van der Waals surface area contributed by atoms with Gasteiger partial charge in [0.1, 0.15) is 0 Å². The summed E-state index contributed by atoms with van der Waals surface area (Å²) >= 11 is 0. The second-order valence-electron chi connectivity index (χ2n) is 3.68. The zero-order valence-corrected chi connectivity index (χ0v) is 8.21. The summed E-state index contributed by atoms with van der Waals surface area (Å²) in [5.41, 5.74) is 0. The summed E-state index contributed by atoms with van der Waals surface area (Å²) in [6, 6.07) is 1.33. The molecule has 70 valence electrons. The Bertz CT molecular complexity index is 133. The molecule has 0 amide bonds. The maximum absolute atomic E-state index is 3.79. The van der Waals surface area contributed by atoms with Crippen molar-refractivity contribution in [2.24, 2.45) is 0 Å². The molecule has 0 spiro atoms. The third-order valence-electron chi connectivity index (χ3n) is 2.65. The van der Waals surface area contributed by atoms with Crippen LogP contribution in [0.1, 0.15) is 20.3 Å². The maximum atomic E-state index is 3.79. The highest BCUT2D eigenvalue weighted by atomic mass is 15.2. The summed E-state index contributed by atoms with van der Waals surface area (Å²) in [5, 5.41) is 3.44. The van der Waals surface area contributed by atoms with E-state index < -0.39 is 0 Å². The lowest BCUT2D eigenvalue weighted by Gasteiger charge is -2.30. The van der Waals surface area contributed by atoms with Crippen molar-refractivity contribution in [3.05, 3.63) is 12.7 Å². The van der Waals surface area contributed by atoms with Crippen LogP contribution in [0, 0.1) is 0 Å². The Hall–Kier alpha value is -0.340. The molecule has 0 aromatic heterocycles. The maximum Gasteiger partial charge on any atom is 0.0198 e. The normalized spacial score (nSPS) is 32.8. The molecular weight excluding hydrogens is 148 g/mol. The summed E-state index contributed by atoms with van der Waals surface area (Å²) in [6.45, 7) is 11.6. The van der Waals surface area contributed by atoms with Gasteiger partial charge in [-0.2, -0.15) is 0 Å². The van der Waals surface area contributed by atoms with E-state index in [1.165, 1.54) is 6.42 Å². The molecule has 0 radical (unpaired) electrons. The lowest BCUT2D eigenvalue weighted by molar-refractivity contribution is 0.184. The minimum atomic E-state index is 0.639. The van der Waals surface area contributed by atoms with Crippen molar-refractivity contribution in [2.75, 3.05) is 19.6 Å². The van der Waals surface area contributed by atoms with Crippen LogP contribution in [0.15, 0.2) is 12.7 Å². The molecule has 2 heteroatoms. The van der Waals surface area contributed by atoms with Crippen molar-refractivity contribution in [1.82, 2.24) is 10.2 Å². The Kier molecular flexibility index (Phi) is 3.76. The van der Waals surface area contributed by atoms with Gasteiger partial charge >= 0.3 is 0 Å². The molecule has 0 bridgehead atoms. The third kappa shape index (κ3) is 2.32. The molecule has 2 unspecified atom stereocenters. The fourth-order valence-corrected chi connectivity index (χ4v) is 1.85. The van der Waals surface area contributed by atoms with Gasteiger partial charge in [-0.3, -0.25) is 4.90 Å². The summed E-state index contributed by atoms with van der Waals surface area (Å²) < 4.78 is 0. The molecule has 12 heavy (non-hydrogen) atoms. The Balaban J connectivity index is 2.54. The predicted molar refractivity (Wildman–Crippen MR) is 53.3 cm³/mol. The van der Waals surface area contributed by atoms with E-state index in [1.54, 1.807) is 0 Å². The van der Waals surface area contributed by atoms with E-state index in [9.17, 15) is 0 Å². The van der Waals surface area contributed by atoms with Gasteiger partial charge < -0.3 is 5.32 Å². The Morgan fingerprint density at radius 2 is 2.25 bits per heavy atom. The molecule has 0 aromatic rings. The quantitative estimate of drug-likeness (QED) is 0.624. The van der Waals surface area contributed by atoms with Crippen molar-refractivity contribution >= 4 is 0 Å². The van der Waals surface area contributed by atoms with E-state index in [0.29, 0.717) is 12.1 Å². The highest BCUT2D eigenvalue weighted by Crippen LogP contribution is 2.10. The monoisotopic (exact) mass is 168 g/mol. The molecule has 1 aliphatic rings. The summed E-state index contributed by atoms with van der Waals surface area (Å²) in [4.78, 5) is 2.51. The van der Waals surface area contributed by atoms with Gasteiger partial charge in [0.25, 0.3) is 0 Å². The second kappa shape index (κ2) is 4.63. The molecule has 2 nitrogen and oxygen atoms in total. The molecule has 0 saturated carbocycles. The summed E-state index contributed by atoms with van der Waals surface area (Å²) in [5.74, 6) is 0. The molecule has 0 aromatic carbocycles. The molecule has 1 aliphatic heterocycles. The summed E-state index contributed by atoms with van der Waals surface area (Å²) in [7, 11) is 0. The highest BCUT2D eigenvalue weighted by Gasteiger charge is 2.20. The van der Waals surface area contributed by atoms with Gasteiger partial charge in [0.15, 0.2) is 0 Å². The van der Waals surface area contributed by atoms with Gasteiger partial charge in [0, 0.05) is 25.2 Å². The molecule has 1 N–H and O–H groups in total. The summed E-state index contributed by atoms with van der Waals surface area (Å²) in [6.07, 6.45) is 3.25. The lowest BCUT2D eigenvalue weighted by atomic mass is 10.2. The van der Waals surface area contributed by atoms with Gasteiger partial charge in [-0.1, -0.05) is 6.08 Å². The zero-order valence-electron chi connectivity index (χ0n) is 8.21. The average molecular weight is 168 g/mol. The molecule has 1 rings (SSSR count). The molecule has 0 aliphatic carbocycles. The smallest absolute Gasteiger partial charge is 0.0198 e. The largest absolute Gasteiger partial charge is 0.315 e. The first-order valence-corrected chi connectivity index (χ1v) is 4.83. The molecule has 1 saturated heterocycles. The van der Waals surface area contributed by atoms with E-state index in [2.05, 4.69) is 30.6 Å². The zero-order chi connectivity index (χ0) is 8.97. The van der Waals surface area contributed by atoms with E-state index in [1.807, 2.05) is 6.08 Å². The van der Waals surface area contributed by atoms with Crippen LogP contribution in [-0.2, 0) is 0 Å². The van der Waals surface area contributed by atoms with Gasteiger partial charge in [-0.05, 0) is 26.8 Å². The van der Waals surface area contributed by atoms with Crippen molar-refractivity contribution in [2.45, 2.75) is 32.4 Å². The molecular formula is C10H20N2. The Morgan fingerprint density at radius 3 is 2.92 bits per heavy atom. The first-order chi connectivity index (χ1) is 5.75. The standard InChI is InChI=1S/C10H20N2/c1-4-7-12-9(2)5-6-11-8-10(12)3/h4,9-11H,1,5-8H2,2-3H3. The van der Waals surface area contributed by atoms with E-state index in [-0.39, 0.29) is 0 Å². The fourth-order valence-electron chi connectivity index (χ4n) is 1.85. The Morgan fingerprint density at radius 1 is 1.50 bits per heavy atom. The molecule has 1 fully saturated rings. The van der Waals surface area contributed by atoms with Crippen LogP contribution < -0.4 is 5.32 Å². The first-order valence-electron chi connectivity index (χ1n) is 4.83. The van der Waals surface area contributed by atoms with Crippen LogP contribution in [0.3, 0.4) is 0 Å². The third-order valence-corrected chi connectivity index (χ3v) is 2.65. The van der Waals surface area contributed by atoms with E-state index in [4.69, 9.17) is 0 Å². The van der Waals surface area contributed by atoms with Crippen LogP contribution in [0.25, 0.3) is 0 Å². The lowest BCUT2D eigenvalue weighted by Crippen LogP contribution is -2.41. The Labute approximate surface area is 75.6 Å². The van der Waals surface area contributed by atoms with Crippen LogP contribution in [0.5, 0.6) is 0 Å². The minimum Gasteiger partial charge on any atom is -0.315 e. The predicted octanol–water partition coefficient (Wildman–Crippen LogP) is 1.24. The van der Waals surface area contributed by atoms with Gasteiger partial charge in [0.05, 0.1) is 0 Å². The minimum absolute atomic E-state index is 0.639. The first kappa shape index (κ1) is 9.75. The van der Waals surface area contributed by atoms with Gasteiger partial charge in [0.2, 0.25) is 0 Å². The average Bonchev–Trinajstić information content (AvgIpc) is 2.19. The van der Waals surface area contributed by atoms with Crippen LogP contribution in [0.2, 0.25) is 0 Å². The number of hydrogen-bond donors (Lipinski definition) is 1. The topological polar surface area (TPSA) is 15.3 Å².